The fraction of sp³-hybridized carbons (Fsp3) is 1.00. The van der Waals surface area contributed by atoms with E-state index >= 15 is 0 Å². The molecule has 0 spiro atoms. The molecule has 0 aliphatic carbocycles. The van der Waals surface area contributed by atoms with Gasteiger partial charge in [0.1, 0.15) is 0 Å². The van der Waals surface area contributed by atoms with E-state index in [1.165, 1.54) is 23.0 Å². The molecule has 9 heavy (non-hydrogen) atoms. The van der Waals surface area contributed by atoms with Gasteiger partial charge in [0.15, 0.2) is 0 Å². The first-order valence-electron chi connectivity index (χ1n) is 2.15. The molecule has 0 amide bonds. The van der Waals surface area contributed by atoms with Crippen molar-refractivity contribution in [3.63, 3.8) is 0 Å². The average Bonchev–Trinajstić information content (AvgIpc) is 1.72. The summed E-state index contributed by atoms with van der Waals surface area (Å²) in [5.74, 6) is 5.52. The summed E-state index contributed by atoms with van der Waals surface area (Å²) in [7, 11) is 0. The zero-order valence-electron chi connectivity index (χ0n) is 4.84. The second-order valence-electron chi connectivity index (χ2n) is 1.22. The molecule has 0 atom stereocenters. The molecule has 1 aliphatic heterocycles. The number of thioether (sulfide) groups is 2. The van der Waals surface area contributed by atoms with Gasteiger partial charge in [-0.15, -0.1) is 0 Å². The van der Waals surface area contributed by atoms with Crippen molar-refractivity contribution in [3.8, 4) is 0 Å². The molecule has 0 saturated carbocycles. The first kappa shape index (κ1) is 16.6. The summed E-state index contributed by atoms with van der Waals surface area (Å²) in [5, 5.41) is 0. The van der Waals surface area contributed by atoms with Crippen molar-refractivity contribution in [2.75, 3.05) is 23.0 Å². The minimum absolute atomic E-state index is 0. The SMILES string of the molecule is C1CSCCS1.[Cu+2].[OH-].[OH-]. The second-order valence-corrected chi connectivity index (χ2v) is 3.67. The Morgan fingerprint density at radius 1 is 0.667 bits per heavy atom. The van der Waals surface area contributed by atoms with E-state index in [1.54, 1.807) is 0 Å². The molecule has 2 N–H and O–H groups in total. The monoisotopic (exact) mass is 217 g/mol. The summed E-state index contributed by atoms with van der Waals surface area (Å²) in [6.07, 6.45) is 0. The molecule has 1 heterocycles. The Kier molecular flexibility index (Phi) is 21.9. The molecule has 1 saturated heterocycles. The van der Waals surface area contributed by atoms with Crippen molar-refractivity contribution in [2.45, 2.75) is 0 Å². The van der Waals surface area contributed by atoms with Crippen molar-refractivity contribution in [1.29, 1.82) is 0 Å². The summed E-state index contributed by atoms with van der Waals surface area (Å²) in [5.41, 5.74) is 0. The van der Waals surface area contributed by atoms with E-state index in [9.17, 15) is 0 Å². The summed E-state index contributed by atoms with van der Waals surface area (Å²) >= 11 is 4.15. The van der Waals surface area contributed by atoms with Crippen molar-refractivity contribution in [1.82, 2.24) is 0 Å². The van der Waals surface area contributed by atoms with Gasteiger partial charge in [-0.05, 0) is 0 Å². The Balaban J connectivity index is -0.000000120. The predicted octanol–water partition coefficient (Wildman–Crippen LogP) is 1.11. The minimum Gasteiger partial charge on any atom is -0.870 e. The molecule has 1 rings (SSSR count). The van der Waals surface area contributed by atoms with Crippen LogP contribution in [0.5, 0.6) is 0 Å². The quantitative estimate of drug-likeness (QED) is 0.571. The van der Waals surface area contributed by atoms with Gasteiger partial charge in [-0.3, -0.25) is 0 Å². The molecule has 0 aromatic carbocycles. The third kappa shape index (κ3) is 9.14. The van der Waals surface area contributed by atoms with Gasteiger partial charge in [-0.1, -0.05) is 0 Å². The van der Waals surface area contributed by atoms with Gasteiger partial charge >= 0.3 is 17.1 Å². The summed E-state index contributed by atoms with van der Waals surface area (Å²) in [4.78, 5) is 0. The Hall–Kier alpha value is 1.14. The summed E-state index contributed by atoms with van der Waals surface area (Å²) < 4.78 is 0. The van der Waals surface area contributed by atoms with E-state index < -0.39 is 0 Å². The van der Waals surface area contributed by atoms with Gasteiger partial charge in [0.05, 0.1) is 0 Å². The predicted molar refractivity (Wildman–Crippen MR) is 38.5 cm³/mol. The topological polar surface area (TPSA) is 60.0 Å². The van der Waals surface area contributed by atoms with Crippen molar-refractivity contribution in [2.24, 2.45) is 0 Å². The maximum Gasteiger partial charge on any atom is 2.00 e. The van der Waals surface area contributed by atoms with Crippen LogP contribution >= 0.6 is 23.5 Å². The number of rotatable bonds is 0. The third-order valence-corrected chi connectivity index (χ3v) is 3.23. The molecule has 1 aliphatic rings. The van der Waals surface area contributed by atoms with E-state index in [1.807, 2.05) is 0 Å². The smallest absolute Gasteiger partial charge is 0.870 e. The van der Waals surface area contributed by atoms with Crippen LogP contribution in [0.4, 0.5) is 0 Å². The van der Waals surface area contributed by atoms with Crippen molar-refractivity contribution < 1.29 is 28.0 Å². The van der Waals surface area contributed by atoms with E-state index in [0.29, 0.717) is 0 Å². The maximum absolute atomic E-state index is 2.07. The van der Waals surface area contributed by atoms with E-state index in [-0.39, 0.29) is 28.0 Å². The van der Waals surface area contributed by atoms with Crippen LogP contribution < -0.4 is 0 Å². The van der Waals surface area contributed by atoms with Gasteiger partial charge in [-0.2, -0.15) is 23.5 Å². The van der Waals surface area contributed by atoms with Crippen molar-refractivity contribution in [3.05, 3.63) is 0 Å². The van der Waals surface area contributed by atoms with Gasteiger partial charge in [0.2, 0.25) is 0 Å². The summed E-state index contributed by atoms with van der Waals surface area (Å²) in [6, 6.07) is 0. The van der Waals surface area contributed by atoms with Gasteiger partial charge in [0, 0.05) is 23.0 Å². The summed E-state index contributed by atoms with van der Waals surface area (Å²) in [6.45, 7) is 0. The molecule has 61 valence electrons. The normalized spacial score (nSPS) is 16.0. The molecule has 0 bridgehead atoms. The van der Waals surface area contributed by atoms with Crippen LogP contribution in [0, 0.1) is 0 Å². The molecule has 1 radical (unpaired) electrons. The number of hydrogen-bond donors (Lipinski definition) is 0. The molecule has 1 fully saturated rings. The molecule has 5 heteroatoms. The van der Waals surface area contributed by atoms with E-state index in [2.05, 4.69) is 23.5 Å². The number of hydrogen-bond acceptors (Lipinski definition) is 4. The molecular formula is C4H10CuO2S2. The zero-order valence-corrected chi connectivity index (χ0v) is 7.42. The van der Waals surface area contributed by atoms with Crippen LogP contribution in [-0.4, -0.2) is 34.0 Å². The maximum atomic E-state index is 2.07. The molecule has 0 aromatic rings. The Bertz CT molecular complexity index is 32.0. The molecule has 0 unspecified atom stereocenters. The van der Waals surface area contributed by atoms with Crippen LogP contribution in [0.1, 0.15) is 0 Å². The largest absolute Gasteiger partial charge is 2.00 e. The van der Waals surface area contributed by atoms with Crippen LogP contribution in [0.15, 0.2) is 0 Å². The minimum atomic E-state index is 0. The van der Waals surface area contributed by atoms with Crippen LogP contribution in [0.3, 0.4) is 0 Å². The van der Waals surface area contributed by atoms with Crippen LogP contribution in [-0.2, 0) is 17.1 Å². The van der Waals surface area contributed by atoms with Gasteiger partial charge in [0.25, 0.3) is 0 Å². The Morgan fingerprint density at radius 3 is 1.00 bits per heavy atom. The molecule has 2 nitrogen and oxygen atoms in total. The third-order valence-electron chi connectivity index (χ3n) is 0.744. The molecular weight excluding hydrogens is 208 g/mol. The van der Waals surface area contributed by atoms with Crippen LogP contribution in [0.25, 0.3) is 0 Å². The fourth-order valence-electron chi connectivity index (χ4n) is 0.440. The standard InChI is InChI=1S/C4H8S2.Cu.2H2O/c1-2-6-4-3-5-1;;;/h1-4H2;;2*1H2/q;+2;;/p-2. The second kappa shape index (κ2) is 11.9. The van der Waals surface area contributed by atoms with Crippen molar-refractivity contribution >= 4 is 23.5 Å². The Labute approximate surface area is 74.6 Å². The van der Waals surface area contributed by atoms with Gasteiger partial charge < -0.3 is 11.0 Å². The first-order chi connectivity index (χ1) is 3.00. The van der Waals surface area contributed by atoms with Gasteiger partial charge in [-0.25, -0.2) is 0 Å². The fourth-order valence-corrected chi connectivity index (χ4v) is 2.73. The molecule has 0 aromatic heterocycles. The zero-order chi connectivity index (χ0) is 4.24. The van der Waals surface area contributed by atoms with Crippen LogP contribution in [0.2, 0.25) is 0 Å². The van der Waals surface area contributed by atoms with E-state index in [0.717, 1.165) is 0 Å². The average molecular weight is 218 g/mol. The Morgan fingerprint density at radius 2 is 0.889 bits per heavy atom. The van der Waals surface area contributed by atoms with E-state index in [4.69, 9.17) is 0 Å². The first-order valence-corrected chi connectivity index (χ1v) is 4.46.